The van der Waals surface area contributed by atoms with E-state index >= 15 is 0 Å². The van der Waals surface area contributed by atoms with Gasteiger partial charge in [-0.25, -0.2) is 4.98 Å². The van der Waals surface area contributed by atoms with Crippen molar-refractivity contribution in [3.63, 3.8) is 0 Å². The third-order valence-corrected chi connectivity index (χ3v) is 3.91. The minimum Gasteiger partial charge on any atom is -0.301 e. The lowest BCUT2D eigenvalue weighted by Crippen LogP contribution is -2.07. The van der Waals surface area contributed by atoms with Crippen molar-refractivity contribution in [2.75, 3.05) is 0 Å². The summed E-state index contributed by atoms with van der Waals surface area (Å²) >= 11 is 4.71. The number of hydrogen-bond donors (Lipinski definition) is 1. The van der Waals surface area contributed by atoms with Gasteiger partial charge in [0.1, 0.15) is 0 Å². The molecule has 19 heavy (non-hydrogen) atoms. The number of carbonyl (C=O) groups is 1. The van der Waals surface area contributed by atoms with Gasteiger partial charge in [-0.05, 0) is 32.0 Å². The molecule has 2 rings (SSSR count). The molecule has 0 amide bonds. The van der Waals surface area contributed by atoms with E-state index in [4.69, 9.17) is 0 Å². The van der Waals surface area contributed by atoms with Crippen molar-refractivity contribution in [1.82, 2.24) is 9.97 Å². The summed E-state index contributed by atoms with van der Waals surface area (Å²) in [7, 11) is 0. The van der Waals surface area contributed by atoms with Crippen molar-refractivity contribution in [3.05, 3.63) is 50.3 Å². The molecular formula is C13H11BrN2O2S. The number of aromatic amines is 1. The Hall–Kier alpha value is -1.40. The zero-order valence-corrected chi connectivity index (χ0v) is 12.8. The van der Waals surface area contributed by atoms with Crippen molar-refractivity contribution in [2.45, 2.75) is 23.9 Å². The molecule has 1 N–H and O–H groups in total. The lowest BCUT2D eigenvalue weighted by molar-refractivity contribution is 0.101. The molecule has 98 valence electrons. The number of H-pyrrole nitrogens is 1. The van der Waals surface area contributed by atoms with E-state index in [1.165, 1.54) is 24.8 Å². The van der Waals surface area contributed by atoms with E-state index in [-0.39, 0.29) is 11.3 Å². The maximum Gasteiger partial charge on any atom is 0.251 e. The first-order valence-corrected chi connectivity index (χ1v) is 7.13. The van der Waals surface area contributed by atoms with E-state index in [0.717, 1.165) is 9.37 Å². The van der Waals surface area contributed by atoms with Gasteiger partial charge in [0.15, 0.2) is 10.9 Å². The number of nitrogens with zero attached hydrogens (tertiary/aromatic N) is 1. The molecule has 0 unspecified atom stereocenters. The van der Waals surface area contributed by atoms with E-state index in [2.05, 4.69) is 25.9 Å². The second kappa shape index (κ2) is 5.71. The molecular weight excluding hydrogens is 328 g/mol. The molecule has 0 aliphatic heterocycles. The molecule has 1 heterocycles. The van der Waals surface area contributed by atoms with Crippen molar-refractivity contribution in [1.29, 1.82) is 0 Å². The van der Waals surface area contributed by atoms with E-state index in [0.29, 0.717) is 16.4 Å². The van der Waals surface area contributed by atoms with Gasteiger partial charge in [0.25, 0.3) is 5.56 Å². The van der Waals surface area contributed by atoms with Crippen molar-refractivity contribution >= 4 is 33.5 Å². The fraction of sp³-hybridized carbons (Fsp3) is 0.154. The van der Waals surface area contributed by atoms with Gasteiger partial charge in [0.05, 0.1) is 0 Å². The third kappa shape index (κ3) is 3.54. The van der Waals surface area contributed by atoms with Crippen LogP contribution in [0.15, 0.2) is 43.6 Å². The van der Waals surface area contributed by atoms with Gasteiger partial charge in [-0.3, -0.25) is 9.59 Å². The molecule has 6 heteroatoms. The number of rotatable bonds is 3. The van der Waals surface area contributed by atoms with Crippen LogP contribution >= 0.6 is 27.7 Å². The fourth-order valence-electron chi connectivity index (χ4n) is 1.56. The number of nitrogens with one attached hydrogen (secondary N) is 1. The van der Waals surface area contributed by atoms with Gasteiger partial charge >= 0.3 is 0 Å². The highest BCUT2D eigenvalue weighted by Crippen LogP contribution is 2.28. The topological polar surface area (TPSA) is 62.8 Å². The monoisotopic (exact) mass is 338 g/mol. The van der Waals surface area contributed by atoms with Crippen LogP contribution in [-0.2, 0) is 0 Å². The summed E-state index contributed by atoms with van der Waals surface area (Å²) in [6, 6.07) is 6.86. The molecule has 4 nitrogen and oxygen atoms in total. The van der Waals surface area contributed by atoms with E-state index in [1.54, 1.807) is 13.0 Å². The minimum atomic E-state index is -0.172. The zero-order chi connectivity index (χ0) is 14.0. The number of aryl methyl sites for hydroxylation is 1. The average Bonchev–Trinajstić information content (AvgIpc) is 2.26. The summed E-state index contributed by atoms with van der Waals surface area (Å²) in [6.45, 7) is 3.29. The first kappa shape index (κ1) is 14.0. The molecule has 1 aromatic carbocycles. The molecule has 0 spiro atoms. The Balaban J connectivity index is 2.31. The molecule has 0 aliphatic rings. The Morgan fingerprint density at radius 1 is 1.37 bits per heavy atom. The highest BCUT2D eigenvalue weighted by atomic mass is 79.9. The van der Waals surface area contributed by atoms with Crippen molar-refractivity contribution < 1.29 is 4.79 Å². The second-order valence-corrected chi connectivity index (χ2v) is 5.91. The molecule has 0 radical (unpaired) electrons. The first-order valence-electron chi connectivity index (χ1n) is 5.52. The highest BCUT2D eigenvalue weighted by Gasteiger charge is 2.08. The number of halogens is 1. The Kier molecular flexibility index (Phi) is 4.21. The Labute approximate surface area is 122 Å². The molecule has 0 bridgehead atoms. The first-order chi connectivity index (χ1) is 8.95. The van der Waals surface area contributed by atoms with E-state index in [1.807, 2.05) is 12.1 Å². The molecule has 2 aromatic rings. The average molecular weight is 339 g/mol. The maximum atomic E-state index is 11.3. The Bertz CT molecular complexity index is 697. The van der Waals surface area contributed by atoms with Gasteiger partial charge < -0.3 is 4.98 Å². The van der Waals surface area contributed by atoms with E-state index in [9.17, 15) is 9.59 Å². The van der Waals surface area contributed by atoms with Crippen LogP contribution in [0.3, 0.4) is 0 Å². The lowest BCUT2D eigenvalue weighted by Gasteiger charge is -2.05. The summed E-state index contributed by atoms with van der Waals surface area (Å²) in [4.78, 5) is 30.5. The summed E-state index contributed by atoms with van der Waals surface area (Å²) in [5.74, 6) is 0.00510. The number of carbonyl (C=O) groups excluding carboxylic acids is 1. The predicted molar refractivity (Wildman–Crippen MR) is 77.9 cm³/mol. The summed E-state index contributed by atoms with van der Waals surface area (Å²) in [5, 5.41) is 0.535. The highest BCUT2D eigenvalue weighted by molar-refractivity contribution is 9.10. The van der Waals surface area contributed by atoms with Crippen LogP contribution in [0.1, 0.15) is 23.0 Å². The van der Waals surface area contributed by atoms with Gasteiger partial charge in [0.2, 0.25) is 0 Å². The lowest BCUT2D eigenvalue weighted by atomic mass is 10.2. The normalized spacial score (nSPS) is 10.5. The van der Waals surface area contributed by atoms with Crippen LogP contribution in [0.25, 0.3) is 0 Å². The van der Waals surface area contributed by atoms with Crippen LogP contribution in [0.5, 0.6) is 0 Å². The van der Waals surface area contributed by atoms with Gasteiger partial charge in [-0.15, -0.1) is 0 Å². The van der Waals surface area contributed by atoms with Crippen molar-refractivity contribution in [2.24, 2.45) is 0 Å². The molecule has 0 saturated heterocycles. The minimum absolute atomic E-state index is 0.00510. The Morgan fingerprint density at radius 2 is 2.11 bits per heavy atom. The van der Waals surface area contributed by atoms with Crippen LogP contribution in [0.4, 0.5) is 0 Å². The van der Waals surface area contributed by atoms with Gasteiger partial charge in [-0.1, -0.05) is 27.7 Å². The van der Waals surface area contributed by atoms with Crippen LogP contribution in [-0.4, -0.2) is 15.8 Å². The van der Waals surface area contributed by atoms with Crippen LogP contribution in [0, 0.1) is 6.92 Å². The molecule has 0 saturated carbocycles. The third-order valence-electron chi connectivity index (χ3n) is 2.38. The number of benzene rings is 1. The molecule has 1 aromatic heterocycles. The molecule has 0 atom stereocenters. The predicted octanol–water partition coefficient (Wildman–Crippen LogP) is 3.19. The summed E-state index contributed by atoms with van der Waals surface area (Å²) < 4.78 is 0.736. The van der Waals surface area contributed by atoms with Gasteiger partial charge in [0, 0.05) is 26.7 Å². The number of aromatic nitrogens is 2. The van der Waals surface area contributed by atoms with Crippen LogP contribution < -0.4 is 5.56 Å². The number of hydrogen-bond acceptors (Lipinski definition) is 4. The number of ketones is 1. The summed E-state index contributed by atoms with van der Waals surface area (Å²) in [6.07, 6.45) is 0. The maximum absolute atomic E-state index is 11.3. The van der Waals surface area contributed by atoms with Crippen molar-refractivity contribution in [3.8, 4) is 0 Å². The second-order valence-electron chi connectivity index (χ2n) is 3.99. The fourth-order valence-corrected chi connectivity index (χ4v) is 3.24. The zero-order valence-electron chi connectivity index (χ0n) is 10.4. The summed E-state index contributed by atoms with van der Waals surface area (Å²) in [5.41, 5.74) is 1.13. The van der Waals surface area contributed by atoms with E-state index < -0.39 is 0 Å². The molecule has 0 aliphatic carbocycles. The smallest absolute Gasteiger partial charge is 0.251 e. The Morgan fingerprint density at radius 3 is 2.68 bits per heavy atom. The number of Topliss-reactive ketones (excluding diaryl/α,β-unsaturated/α-hetero) is 1. The molecule has 0 fully saturated rings. The van der Waals surface area contributed by atoms with Gasteiger partial charge in [-0.2, -0.15) is 0 Å². The van der Waals surface area contributed by atoms with Crippen LogP contribution in [0.2, 0.25) is 0 Å². The quantitative estimate of drug-likeness (QED) is 0.689. The largest absolute Gasteiger partial charge is 0.301 e. The standard InChI is InChI=1S/C13H11BrN2O2S/c1-7-5-12(18)16-13(15-7)19-9-3-4-10(8(2)17)11(14)6-9/h3-6H,1-2H3,(H,15,16,18). The SMILES string of the molecule is CC(=O)c1ccc(Sc2nc(C)cc(=O)[nH]2)cc1Br.